The highest BCUT2D eigenvalue weighted by molar-refractivity contribution is 6.32. The van der Waals surface area contributed by atoms with E-state index in [0.29, 0.717) is 5.56 Å². The van der Waals surface area contributed by atoms with Crippen molar-refractivity contribution in [1.29, 1.82) is 0 Å². The lowest BCUT2D eigenvalue weighted by Gasteiger charge is -1.95. The minimum Gasteiger partial charge on any atom is -0.459 e. The van der Waals surface area contributed by atoms with Crippen molar-refractivity contribution in [2.45, 2.75) is 0 Å². The Morgan fingerprint density at radius 2 is 2.25 bits per heavy atom. The first-order valence-electron chi connectivity index (χ1n) is 4.08. The Labute approximate surface area is 96.1 Å². The first-order valence-corrected chi connectivity index (χ1v) is 4.46. The molecule has 16 heavy (non-hydrogen) atoms. The number of ether oxygens (including phenoxy) is 1. The molecule has 0 aliphatic rings. The SMILES string of the molecule is COC(=O)C#Cc1ccc([N+](=O)[O-])cc1Cl. The monoisotopic (exact) mass is 239 g/mol. The molecule has 0 radical (unpaired) electrons. The second kappa shape index (κ2) is 5.14. The van der Waals surface area contributed by atoms with Gasteiger partial charge in [0.2, 0.25) is 0 Å². The Kier molecular flexibility index (Phi) is 3.86. The lowest BCUT2D eigenvalue weighted by Crippen LogP contribution is -1.94. The summed E-state index contributed by atoms with van der Waals surface area (Å²) in [6.07, 6.45) is 0. The smallest absolute Gasteiger partial charge is 0.384 e. The van der Waals surface area contributed by atoms with Gasteiger partial charge in [0, 0.05) is 23.6 Å². The number of nitro groups is 1. The first kappa shape index (κ1) is 12.0. The number of halogens is 1. The molecule has 0 unspecified atom stereocenters. The Hall–Kier alpha value is -2.06. The van der Waals surface area contributed by atoms with Crippen molar-refractivity contribution < 1.29 is 14.5 Å². The molecule has 0 bridgehead atoms. The van der Waals surface area contributed by atoms with Gasteiger partial charge in [-0.05, 0) is 6.07 Å². The van der Waals surface area contributed by atoms with Crippen LogP contribution in [0, 0.1) is 22.0 Å². The van der Waals surface area contributed by atoms with Gasteiger partial charge in [0.1, 0.15) is 0 Å². The maximum atomic E-state index is 10.7. The number of non-ortho nitro benzene ring substituents is 1. The zero-order valence-electron chi connectivity index (χ0n) is 8.19. The van der Waals surface area contributed by atoms with E-state index in [1.165, 1.54) is 25.3 Å². The van der Waals surface area contributed by atoms with Crippen molar-refractivity contribution >= 4 is 23.3 Å². The number of methoxy groups -OCH3 is 1. The Morgan fingerprint density at radius 1 is 1.56 bits per heavy atom. The van der Waals surface area contributed by atoms with Gasteiger partial charge in [0.05, 0.1) is 17.1 Å². The molecule has 0 aliphatic carbocycles. The highest BCUT2D eigenvalue weighted by atomic mass is 35.5. The summed E-state index contributed by atoms with van der Waals surface area (Å²) < 4.78 is 4.31. The Morgan fingerprint density at radius 3 is 2.75 bits per heavy atom. The molecule has 0 fully saturated rings. The molecular weight excluding hydrogens is 234 g/mol. The molecule has 5 nitrogen and oxygen atoms in total. The normalized spacial score (nSPS) is 8.88. The molecule has 0 saturated carbocycles. The van der Waals surface area contributed by atoms with Crippen LogP contribution in [-0.2, 0) is 9.53 Å². The van der Waals surface area contributed by atoms with Gasteiger partial charge in [-0.25, -0.2) is 4.79 Å². The summed E-state index contributed by atoms with van der Waals surface area (Å²) in [6, 6.07) is 3.80. The maximum absolute atomic E-state index is 10.7. The summed E-state index contributed by atoms with van der Waals surface area (Å²) >= 11 is 5.74. The van der Waals surface area contributed by atoms with E-state index in [-0.39, 0.29) is 10.7 Å². The van der Waals surface area contributed by atoms with Crippen LogP contribution < -0.4 is 0 Å². The molecule has 0 N–H and O–H groups in total. The van der Waals surface area contributed by atoms with Gasteiger partial charge in [0.15, 0.2) is 0 Å². The Balaban J connectivity index is 3.03. The van der Waals surface area contributed by atoms with Gasteiger partial charge in [-0.3, -0.25) is 10.1 Å². The number of esters is 1. The zero-order chi connectivity index (χ0) is 12.1. The summed E-state index contributed by atoms with van der Waals surface area (Å²) in [5, 5.41) is 10.5. The van der Waals surface area contributed by atoms with E-state index in [2.05, 4.69) is 16.6 Å². The topological polar surface area (TPSA) is 69.4 Å². The maximum Gasteiger partial charge on any atom is 0.384 e. The van der Waals surface area contributed by atoms with Crippen LogP contribution in [0.2, 0.25) is 5.02 Å². The molecule has 1 aromatic rings. The number of rotatable bonds is 1. The van der Waals surface area contributed by atoms with Gasteiger partial charge in [0.25, 0.3) is 5.69 Å². The number of carbonyl (C=O) groups is 1. The van der Waals surface area contributed by atoms with Crippen LogP contribution in [0.25, 0.3) is 0 Å². The van der Waals surface area contributed by atoms with Gasteiger partial charge < -0.3 is 4.74 Å². The number of carbonyl (C=O) groups excluding carboxylic acids is 1. The molecule has 0 aliphatic heterocycles. The summed E-state index contributed by atoms with van der Waals surface area (Å²) in [6.45, 7) is 0. The fourth-order valence-corrected chi connectivity index (χ4v) is 1.11. The molecule has 0 heterocycles. The van der Waals surface area contributed by atoms with E-state index < -0.39 is 10.9 Å². The van der Waals surface area contributed by atoms with Crippen LogP contribution in [0.3, 0.4) is 0 Å². The van der Waals surface area contributed by atoms with Gasteiger partial charge in [-0.2, -0.15) is 0 Å². The second-order valence-corrected chi connectivity index (χ2v) is 3.07. The summed E-state index contributed by atoms with van der Waals surface area (Å²) in [4.78, 5) is 20.6. The van der Waals surface area contributed by atoms with E-state index >= 15 is 0 Å². The molecule has 1 rings (SSSR count). The third kappa shape index (κ3) is 2.97. The van der Waals surface area contributed by atoms with Crippen molar-refractivity contribution in [2.24, 2.45) is 0 Å². The highest BCUT2D eigenvalue weighted by Crippen LogP contribution is 2.21. The van der Waals surface area contributed by atoms with Crippen LogP contribution in [0.15, 0.2) is 18.2 Å². The predicted octanol–water partition coefficient (Wildman–Crippen LogP) is 1.77. The number of nitrogens with zero attached hydrogens (tertiary/aromatic N) is 1. The quantitative estimate of drug-likeness (QED) is 0.324. The Bertz CT molecular complexity index is 501. The molecule has 82 valence electrons. The largest absolute Gasteiger partial charge is 0.459 e. The van der Waals surface area contributed by atoms with Crippen molar-refractivity contribution in [3.63, 3.8) is 0 Å². The molecule has 0 atom stereocenters. The minimum atomic E-state index is -0.700. The number of nitro benzene ring substituents is 1. The molecular formula is C10H6ClNO4. The molecule has 6 heteroatoms. The van der Waals surface area contributed by atoms with Crippen molar-refractivity contribution in [3.05, 3.63) is 38.9 Å². The molecule has 1 aromatic carbocycles. The molecule has 0 spiro atoms. The average molecular weight is 240 g/mol. The van der Waals surface area contributed by atoms with E-state index in [0.717, 1.165) is 0 Å². The first-order chi connectivity index (χ1) is 7.54. The fourth-order valence-electron chi connectivity index (χ4n) is 0.888. The summed E-state index contributed by atoms with van der Waals surface area (Å²) in [5.41, 5.74) is 0.200. The molecule has 0 aromatic heterocycles. The summed E-state index contributed by atoms with van der Waals surface area (Å²) in [7, 11) is 1.20. The van der Waals surface area contributed by atoms with Crippen molar-refractivity contribution in [3.8, 4) is 11.8 Å². The number of benzene rings is 1. The van der Waals surface area contributed by atoms with Gasteiger partial charge in [-0.1, -0.05) is 17.5 Å². The van der Waals surface area contributed by atoms with Crippen molar-refractivity contribution in [2.75, 3.05) is 7.11 Å². The lowest BCUT2D eigenvalue weighted by molar-refractivity contribution is -0.384. The standard InChI is InChI=1S/C10H6ClNO4/c1-16-10(13)5-3-7-2-4-8(12(14)15)6-9(7)11/h2,4,6H,1H3. The number of hydrogen-bond donors (Lipinski definition) is 0. The van der Waals surface area contributed by atoms with Crippen LogP contribution in [0.5, 0.6) is 0 Å². The lowest BCUT2D eigenvalue weighted by atomic mass is 10.2. The van der Waals surface area contributed by atoms with E-state index in [9.17, 15) is 14.9 Å². The highest BCUT2D eigenvalue weighted by Gasteiger charge is 2.07. The second-order valence-electron chi connectivity index (χ2n) is 2.66. The van der Waals surface area contributed by atoms with E-state index in [1.807, 2.05) is 0 Å². The third-order valence-electron chi connectivity index (χ3n) is 1.65. The predicted molar refractivity (Wildman–Crippen MR) is 57.0 cm³/mol. The molecule has 0 amide bonds. The van der Waals surface area contributed by atoms with Crippen LogP contribution in [0.4, 0.5) is 5.69 Å². The van der Waals surface area contributed by atoms with E-state index in [1.54, 1.807) is 0 Å². The average Bonchev–Trinajstić information content (AvgIpc) is 2.26. The minimum absolute atomic E-state index is 0.116. The molecule has 0 saturated heterocycles. The van der Waals surface area contributed by atoms with Crippen LogP contribution in [-0.4, -0.2) is 18.0 Å². The zero-order valence-corrected chi connectivity index (χ0v) is 8.95. The van der Waals surface area contributed by atoms with E-state index in [4.69, 9.17) is 11.6 Å². The third-order valence-corrected chi connectivity index (χ3v) is 1.96. The van der Waals surface area contributed by atoms with Gasteiger partial charge >= 0.3 is 5.97 Å². The van der Waals surface area contributed by atoms with Crippen molar-refractivity contribution in [1.82, 2.24) is 0 Å². The van der Waals surface area contributed by atoms with Gasteiger partial charge in [-0.15, -0.1) is 0 Å². The van der Waals surface area contributed by atoms with Crippen LogP contribution in [0.1, 0.15) is 5.56 Å². The number of hydrogen-bond acceptors (Lipinski definition) is 4. The summed E-state index contributed by atoms with van der Waals surface area (Å²) in [5.74, 6) is 3.92. The van der Waals surface area contributed by atoms with Crippen LogP contribution >= 0.6 is 11.6 Å². The fraction of sp³-hybridized carbons (Fsp3) is 0.100.